The summed E-state index contributed by atoms with van der Waals surface area (Å²) in [5, 5.41) is 11.2. The lowest BCUT2D eigenvalue weighted by atomic mass is 9.98. The van der Waals surface area contributed by atoms with Crippen molar-refractivity contribution in [3.63, 3.8) is 0 Å². The number of carboxylic acid groups (broad SMARTS) is 1. The smallest absolute Gasteiger partial charge is 0.336 e. The van der Waals surface area contributed by atoms with Gasteiger partial charge in [0.1, 0.15) is 0 Å². The fourth-order valence-electron chi connectivity index (χ4n) is 2.71. The van der Waals surface area contributed by atoms with Crippen molar-refractivity contribution in [1.29, 1.82) is 0 Å². The molecule has 0 spiro atoms. The second-order valence-electron chi connectivity index (χ2n) is 5.62. The molecule has 24 heavy (non-hydrogen) atoms. The van der Waals surface area contributed by atoms with Crippen molar-refractivity contribution < 1.29 is 14.7 Å². The van der Waals surface area contributed by atoms with Crippen molar-refractivity contribution in [2.45, 2.75) is 13.3 Å². The van der Waals surface area contributed by atoms with Crippen LogP contribution in [0.2, 0.25) is 0 Å². The van der Waals surface area contributed by atoms with Crippen LogP contribution in [0.25, 0.3) is 0 Å². The van der Waals surface area contributed by atoms with E-state index < -0.39 is 5.97 Å². The lowest BCUT2D eigenvalue weighted by Gasteiger charge is -2.07. The van der Waals surface area contributed by atoms with Crippen LogP contribution < -0.4 is 0 Å². The first-order valence-corrected chi connectivity index (χ1v) is 8.43. The molecule has 3 rings (SSSR count). The number of carboxylic acids is 1. The first kappa shape index (κ1) is 16.1. The van der Waals surface area contributed by atoms with Crippen LogP contribution in [0.3, 0.4) is 0 Å². The third-order valence-corrected chi connectivity index (χ3v) is 4.79. The molecule has 1 aromatic heterocycles. The SMILES string of the molecule is Cc1cccc(Cc2ccsc2C(=O)c2ccccc2C(=O)O)c1. The monoisotopic (exact) mass is 336 g/mol. The Labute approximate surface area is 144 Å². The first-order chi connectivity index (χ1) is 11.6. The zero-order valence-electron chi connectivity index (χ0n) is 13.2. The van der Waals surface area contributed by atoms with E-state index in [2.05, 4.69) is 6.07 Å². The highest BCUT2D eigenvalue weighted by Crippen LogP contribution is 2.25. The minimum absolute atomic E-state index is 0.0393. The molecule has 0 amide bonds. The van der Waals surface area contributed by atoms with Gasteiger partial charge in [-0.2, -0.15) is 0 Å². The zero-order chi connectivity index (χ0) is 17.1. The maximum absolute atomic E-state index is 12.9. The van der Waals surface area contributed by atoms with E-state index in [1.54, 1.807) is 18.2 Å². The maximum atomic E-state index is 12.9. The number of hydrogen-bond acceptors (Lipinski definition) is 3. The van der Waals surface area contributed by atoms with Gasteiger partial charge in [-0.3, -0.25) is 4.79 Å². The van der Waals surface area contributed by atoms with Crippen LogP contribution >= 0.6 is 11.3 Å². The predicted molar refractivity (Wildman–Crippen MR) is 95.1 cm³/mol. The lowest BCUT2D eigenvalue weighted by molar-refractivity contribution is 0.0693. The van der Waals surface area contributed by atoms with Crippen molar-refractivity contribution in [2.75, 3.05) is 0 Å². The maximum Gasteiger partial charge on any atom is 0.336 e. The van der Waals surface area contributed by atoms with Gasteiger partial charge in [0, 0.05) is 5.56 Å². The van der Waals surface area contributed by atoms with E-state index in [0.717, 1.165) is 11.1 Å². The van der Waals surface area contributed by atoms with E-state index in [1.165, 1.54) is 23.0 Å². The Morgan fingerprint density at radius 2 is 1.75 bits per heavy atom. The highest BCUT2D eigenvalue weighted by atomic mass is 32.1. The second-order valence-corrected chi connectivity index (χ2v) is 6.54. The largest absolute Gasteiger partial charge is 0.478 e. The molecule has 0 fully saturated rings. The Hall–Kier alpha value is -2.72. The first-order valence-electron chi connectivity index (χ1n) is 7.55. The van der Waals surface area contributed by atoms with Gasteiger partial charge in [-0.05, 0) is 42.0 Å². The minimum Gasteiger partial charge on any atom is -0.478 e. The average molecular weight is 336 g/mol. The molecular formula is C20H16O3S. The summed E-state index contributed by atoms with van der Waals surface area (Å²) in [5.41, 5.74) is 3.51. The predicted octanol–water partition coefficient (Wildman–Crippen LogP) is 4.58. The van der Waals surface area contributed by atoms with Gasteiger partial charge in [-0.1, -0.05) is 48.0 Å². The standard InChI is InChI=1S/C20H16O3S/c1-13-5-4-6-14(11-13)12-15-9-10-24-19(15)18(21)16-7-2-3-8-17(16)20(22)23/h2-11H,12H2,1H3,(H,22,23). The molecule has 0 atom stereocenters. The molecular weight excluding hydrogens is 320 g/mol. The van der Waals surface area contributed by atoms with E-state index in [0.29, 0.717) is 11.3 Å². The molecule has 120 valence electrons. The minimum atomic E-state index is -1.09. The van der Waals surface area contributed by atoms with Crippen LogP contribution in [0.5, 0.6) is 0 Å². The van der Waals surface area contributed by atoms with Gasteiger partial charge >= 0.3 is 5.97 Å². The molecule has 0 saturated heterocycles. The van der Waals surface area contributed by atoms with Gasteiger partial charge in [-0.15, -0.1) is 11.3 Å². The number of hydrogen-bond donors (Lipinski definition) is 1. The van der Waals surface area contributed by atoms with Crippen molar-refractivity contribution in [2.24, 2.45) is 0 Å². The van der Waals surface area contributed by atoms with E-state index in [4.69, 9.17) is 0 Å². The summed E-state index contributed by atoms with van der Waals surface area (Å²) in [6, 6.07) is 16.4. The number of aryl methyl sites for hydroxylation is 1. The highest BCUT2D eigenvalue weighted by Gasteiger charge is 2.20. The fraction of sp³-hybridized carbons (Fsp3) is 0.100. The molecule has 0 unspecified atom stereocenters. The molecule has 0 bridgehead atoms. The van der Waals surface area contributed by atoms with Gasteiger partial charge in [-0.25, -0.2) is 4.79 Å². The quantitative estimate of drug-likeness (QED) is 0.694. The van der Waals surface area contributed by atoms with Gasteiger partial charge in [0.05, 0.1) is 10.4 Å². The molecule has 0 aliphatic heterocycles. The summed E-state index contributed by atoms with van der Waals surface area (Å²) >= 11 is 1.35. The number of rotatable bonds is 5. The van der Waals surface area contributed by atoms with Crippen LogP contribution in [0.1, 0.15) is 42.3 Å². The fourth-order valence-corrected chi connectivity index (χ4v) is 3.58. The summed E-state index contributed by atoms with van der Waals surface area (Å²) in [5.74, 6) is -1.32. The molecule has 0 aliphatic carbocycles. The summed E-state index contributed by atoms with van der Waals surface area (Å²) in [6.07, 6.45) is 0.654. The van der Waals surface area contributed by atoms with Gasteiger partial charge in [0.25, 0.3) is 0 Å². The molecule has 3 aromatic rings. The number of carbonyl (C=O) groups excluding carboxylic acids is 1. The summed E-state index contributed by atoms with van der Waals surface area (Å²) in [6.45, 7) is 2.03. The average Bonchev–Trinajstić information content (AvgIpc) is 3.02. The topological polar surface area (TPSA) is 54.4 Å². The summed E-state index contributed by atoms with van der Waals surface area (Å²) in [4.78, 5) is 24.8. The molecule has 1 heterocycles. The van der Waals surface area contributed by atoms with Crippen LogP contribution in [0, 0.1) is 6.92 Å². The molecule has 0 saturated carbocycles. The highest BCUT2D eigenvalue weighted by molar-refractivity contribution is 7.12. The number of benzene rings is 2. The van der Waals surface area contributed by atoms with Gasteiger partial charge in [0.2, 0.25) is 5.78 Å². The Balaban J connectivity index is 1.96. The number of ketones is 1. The van der Waals surface area contributed by atoms with Crippen molar-refractivity contribution >= 4 is 23.1 Å². The third-order valence-electron chi connectivity index (χ3n) is 3.83. The van der Waals surface area contributed by atoms with Crippen molar-refractivity contribution in [3.05, 3.63) is 92.7 Å². The van der Waals surface area contributed by atoms with E-state index in [9.17, 15) is 14.7 Å². The normalized spacial score (nSPS) is 10.5. The zero-order valence-corrected chi connectivity index (χ0v) is 14.0. The Morgan fingerprint density at radius 1 is 1.00 bits per heavy atom. The Bertz CT molecular complexity index is 909. The molecule has 4 heteroatoms. The van der Waals surface area contributed by atoms with Gasteiger partial charge in [0.15, 0.2) is 0 Å². The van der Waals surface area contributed by atoms with Crippen LogP contribution in [0.15, 0.2) is 60.0 Å². The molecule has 3 nitrogen and oxygen atoms in total. The number of aromatic carboxylic acids is 1. The van der Waals surface area contributed by atoms with Crippen molar-refractivity contribution in [1.82, 2.24) is 0 Å². The molecule has 0 aliphatic rings. The molecule has 1 N–H and O–H groups in total. The van der Waals surface area contributed by atoms with Crippen LogP contribution in [0.4, 0.5) is 0 Å². The van der Waals surface area contributed by atoms with E-state index in [1.807, 2.05) is 36.6 Å². The van der Waals surface area contributed by atoms with E-state index in [-0.39, 0.29) is 16.9 Å². The Kier molecular flexibility index (Phi) is 4.58. The number of thiophene rings is 1. The molecule has 2 aromatic carbocycles. The van der Waals surface area contributed by atoms with E-state index >= 15 is 0 Å². The van der Waals surface area contributed by atoms with Crippen LogP contribution in [-0.4, -0.2) is 16.9 Å². The third kappa shape index (κ3) is 3.29. The summed E-state index contributed by atoms with van der Waals surface area (Å²) in [7, 11) is 0. The van der Waals surface area contributed by atoms with Gasteiger partial charge < -0.3 is 5.11 Å². The van der Waals surface area contributed by atoms with Crippen LogP contribution in [-0.2, 0) is 6.42 Å². The lowest BCUT2D eigenvalue weighted by Crippen LogP contribution is -2.10. The molecule has 0 radical (unpaired) electrons. The second kappa shape index (κ2) is 6.81. The number of carbonyl (C=O) groups is 2. The Morgan fingerprint density at radius 3 is 2.46 bits per heavy atom. The van der Waals surface area contributed by atoms with Crippen molar-refractivity contribution in [3.8, 4) is 0 Å². The summed E-state index contributed by atoms with van der Waals surface area (Å²) < 4.78 is 0.